The van der Waals surface area contributed by atoms with Gasteiger partial charge < -0.3 is 19.6 Å². The van der Waals surface area contributed by atoms with E-state index in [2.05, 4.69) is 10.4 Å². The van der Waals surface area contributed by atoms with Crippen LogP contribution in [0.25, 0.3) is 0 Å². The van der Waals surface area contributed by atoms with Crippen LogP contribution in [-0.4, -0.2) is 43.5 Å². The fourth-order valence-corrected chi connectivity index (χ4v) is 2.72. The average Bonchev–Trinajstić information content (AvgIpc) is 3.09. The number of furan rings is 1. The highest BCUT2D eigenvalue weighted by atomic mass is 16.6. The molecule has 0 saturated heterocycles. The highest BCUT2D eigenvalue weighted by Crippen LogP contribution is 2.23. The Balaban J connectivity index is 2.08. The summed E-state index contributed by atoms with van der Waals surface area (Å²) in [7, 11) is 0. The van der Waals surface area contributed by atoms with Crippen molar-refractivity contribution in [3.63, 3.8) is 0 Å². The molecule has 1 unspecified atom stereocenters. The molecular formula is C18H24N4O7. The molecule has 2 N–H and O–H groups in total. The minimum Gasteiger partial charge on any atom is -0.480 e. The van der Waals surface area contributed by atoms with E-state index in [1.165, 1.54) is 4.68 Å². The summed E-state index contributed by atoms with van der Waals surface area (Å²) in [6, 6.07) is 1.98. The molecule has 1 amide bonds. The number of amides is 1. The van der Waals surface area contributed by atoms with Gasteiger partial charge in [0.1, 0.15) is 34.6 Å². The molecule has 29 heavy (non-hydrogen) atoms. The van der Waals surface area contributed by atoms with Crippen LogP contribution >= 0.6 is 0 Å². The summed E-state index contributed by atoms with van der Waals surface area (Å²) in [5.41, 5.74) is -0.121. The monoisotopic (exact) mass is 408 g/mol. The number of nitrogens with zero attached hydrogens (tertiary/aromatic N) is 3. The van der Waals surface area contributed by atoms with Gasteiger partial charge in [0, 0.05) is 6.42 Å². The second kappa shape index (κ2) is 8.33. The smallest absolute Gasteiger partial charge is 0.408 e. The second-order valence-corrected chi connectivity index (χ2v) is 7.54. The van der Waals surface area contributed by atoms with Crippen LogP contribution in [0, 0.1) is 24.0 Å². The number of hydrogen-bond donors (Lipinski definition) is 2. The topological polar surface area (TPSA) is 150 Å². The highest BCUT2D eigenvalue weighted by Gasteiger charge is 2.26. The van der Waals surface area contributed by atoms with Crippen molar-refractivity contribution < 1.29 is 28.8 Å². The summed E-state index contributed by atoms with van der Waals surface area (Å²) >= 11 is 0. The summed E-state index contributed by atoms with van der Waals surface area (Å²) in [6.45, 7) is 8.30. The van der Waals surface area contributed by atoms with Crippen molar-refractivity contribution in [2.24, 2.45) is 0 Å². The van der Waals surface area contributed by atoms with Crippen LogP contribution in [0.1, 0.15) is 43.7 Å². The minimum atomic E-state index is -1.24. The van der Waals surface area contributed by atoms with Gasteiger partial charge in [0.15, 0.2) is 0 Å². The standard InChI is InChI=1S/C18H24N4O7/c1-10-15(22(26)27)11(2)21(20-10)9-13-7-6-12(28-13)8-14(16(23)24)19-17(25)29-18(3,4)5/h6-7,14H,8-9H2,1-5H3,(H,19,25)(H,23,24). The third-order valence-electron chi connectivity index (χ3n) is 3.94. The first-order valence-electron chi connectivity index (χ1n) is 8.85. The first-order chi connectivity index (χ1) is 13.4. The number of aromatic nitrogens is 2. The largest absolute Gasteiger partial charge is 0.480 e. The van der Waals surface area contributed by atoms with E-state index in [9.17, 15) is 24.8 Å². The number of carboxylic acid groups (broad SMARTS) is 1. The molecule has 0 aromatic carbocycles. The van der Waals surface area contributed by atoms with Crippen LogP contribution in [0.3, 0.4) is 0 Å². The molecule has 2 aromatic rings. The second-order valence-electron chi connectivity index (χ2n) is 7.54. The van der Waals surface area contributed by atoms with Crippen LogP contribution in [0.15, 0.2) is 16.5 Å². The molecule has 0 fully saturated rings. The van der Waals surface area contributed by atoms with Gasteiger partial charge in [0.25, 0.3) is 0 Å². The Hall–Kier alpha value is -3.37. The number of aryl methyl sites for hydroxylation is 1. The zero-order valence-electron chi connectivity index (χ0n) is 16.9. The van der Waals surface area contributed by atoms with Gasteiger partial charge >= 0.3 is 17.7 Å². The van der Waals surface area contributed by atoms with Crippen LogP contribution in [0.4, 0.5) is 10.5 Å². The molecule has 2 rings (SSSR count). The van der Waals surface area contributed by atoms with Gasteiger partial charge in [-0.1, -0.05) is 0 Å². The van der Waals surface area contributed by atoms with Crippen molar-refractivity contribution in [2.45, 2.75) is 59.2 Å². The zero-order valence-corrected chi connectivity index (χ0v) is 16.9. The molecule has 0 aliphatic carbocycles. The third kappa shape index (κ3) is 5.80. The summed E-state index contributed by atoms with van der Waals surface area (Å²) in [5.74, 6) is -0.454. The van der Waals surface area contributed by atoms with Gasteiger partial charge in [-0.3, -0.25) is 14.8 Å². The normalized spacial score (nSPS) is 12.4. The van der Waals surface area contributed by atoms with Gasteiger partial charge in [-0.25, -0.2) is 9.59 Å². The molecule has 1 atom stereocenters. The SMILES string of the molecule is Cc1nn(Cc2ccc(CC(NC(=O)OC(C)(C)C)C(=O)O)o2)c(C)c1[N+](=O)[O-]. The lowest BCUT2D eigenvalue weighted by Crippen LogP contribution is -2.44. The summed E-state index contributed by atoms with van der Waals surface area (Å²) < 4.78 is 12.2. The quantitative estimate of drug-likeness (QED) is 0.524. The fourth-order valence-electron chi connectivity index (χ4n) is 2.72. The lowest BCUT2D eigenvalue weighted by atomic mass is 10.1. The predicted molar refractivity (Wildman–Crippen MR) is 101 cm³/mol. The van der Waals surface area contributed by atoms with E-state index in [1.54, 1.807) is 46.8 Å². The first kappa shape index (κ1) is 21.9. The fraction of sp³-hybridized carbons (Fsp3) is 0.500. The van der Waals surface area contributed by atoms with Crippen molar-refractivity contribution in [1.29, 1.82) is 0 Å². The summed E-state index contributed by atoms with van der Waals surface area (Å²) in [5, 5.41) is 26.9. The van der Waals surface area contributed by atoms with E-state index in [0.29, 0.717) is 22.9 Å². The minimum absolute atomic E-state index is 0.0516. The molecule has 11 heteroatoms. The molecular weight excluding hydrogens is 384 g/mol. The van der Waals surface area contributed by atoms with E-state index >= 15 is 0 Å². The Morgan fingerprint density at radius 2 is 1.97 bits per heavy atom. The number of hydrogen-bond acceptors (Lipinski definition) is 7. The Morgan fingerprint density at radius 3 is 2.48 bits per heavy atom. The maximum absolute atomic E-state index is 11.8. The van der Waals surface area contributed by atoms with E-state index in [-0.39, 0.29) is 18.7 Å². The lowest BCUT2D eigenvalue weighted by Gasteiger charge is -2.21. The number of nitro groups is 1. The van der Waals surface area contributed by atoms with E-state index in [1.807, 2.05) is 0 Å². The molecule has 0 spiro atoms. The lowest BCUT2D eigenvalue weighted by molar-refractivity contribution is -0.386. The van der Waals surface area contributed by atoms with Crippen molar-refractivity contribution in [2.75, 3.05) is 0 Å². The third-order valence-corrected chi connectivity index (χ3v) is 3.94. The molecule has 0 aliphatic heterocycles. The van der Waals surface area contributed by atoms with E-state index < -0.39 is 28.6 Å². The number of carboxylic acids is 1. The number of aliphatic carboxylic acids is 1. The van der Waals surface area contributed by atoms with Gasteiger partial charge in [-0.2, -0.15) is 5.10 Å². The Morgan fingerprint density at radius 1 is 1.34 bits per heavy atom. The Labute approximate surface area is 166 Å². The number of carbonyl (C=O) groups is 2. The van der Waals surface area contributed by atoms with Crippen molar-refractivity contribution in [3.05, 3.63) is 45.2 Å². The molecule has 2 aromatic heterocycles. The first-order valence-corrected chi connectivity index (χ1v) is 8.85. The van der Waals surface area contributed by atoms with Crippen LogP contribution < -0.4 is 5.32 Å². The molecule has 0 saturated carbocycles. The van der Waals surface area contributed by atoms with Crippen LogP contribution in [0.2, 0.25) is 0 Å². The maximum atomic E-state index is 11.8. The summed E-state index contributed by atoms with van der Waals surface area (Å²) in [4.78, 5) is 33.9. The number of nitrogens with one attached hydrogen (secondary N) is 1. The molecule has 158 valence electrons. The van der Waals surface area contributed by atoms with Gasteiger partial charge in [0.05, 0.1) is 11.5 Å². The number of alkyl carbamates (subject to hydrolysis) is 1. The van der Waals surface area contributed by atoms with Gasteiger partial charge in [-0.05, 0) is 46.8 Å². The predicted octanol–water partition coefficient (Wildman–Crippen LogP) is 2.57. The van der Waals surface area contributed by atoms with Gasteiger partial charge in [0.2, 0.25) is 0 Å². The van der Waals surface area contributed by atoms with Crippen molar-refractivity contribution in [1.82, 2.24) is 15.1 Å². The van der Waals surface area contributed by atoms with Crippen LogP contribution in [0.5, 0.6) is 0 Å². The molecule has 0 aliphatic rings. The van der Waals surface area contributed by atoms with Crippen LogP contribution in [-0.2, 0) is 22.5 Å². The van der Waals surface area contributed by atoms with Crippen molar-refractivity contribution in [3.8, 4) is 0 Å². The molecule has 0 radical (unpaired) electrons. The van der Waals surface area contributed by atoms with Gasteiger partial charge in [-0.15, -0.1) is 0 Å². The van der Waals surface area contributed by atoms with Crippen molar-refractivity contribution >= 4 is 17.7 Å². The highest BCUT2D eigenvalue weighted by molar-refractivity contribution is 5.80. The average molecular weight is 408 g/mol. The number of rotatable bonds is 7. The molecule has 11 nitrogen and oxygen atoms in total. The molecule has 0 bridgehead atoms. The Bertz CT molecular complexity index is 923. The molecule has 2 heterocycles. The Kier molecular flexibility index (Phi) is 6.30. The maximum Gasteiger partial charge on any atom is 0.408 e. The van der Waals surface area contributed by atoms with E-state index in [0.717, 1.165) is 0 Å². The number of carbonyl (C=O) groups excluding carboxylic acids is 1. The van der Waals surface area contributed by atoms with E-state index in [4.69, 9.17) is 9.15 Å². The number of ether oxygens (including phenoxy) is 1. The summed E-state index contributed by atoms with van der Waals surface area (Å²) in [6.07, 6.45) is -0.933. The zero-order chi connectivity index (χ0) is 21.9.